The SMILES string of the molecule is CC(=O)OC[C@H]1O[C@@H](N2C(=O)C(=Cc3cccnc3)SC2=S)[C@H](OC(C)=O)[C@@H](OC(C)=O)[C@@H]1OC(C)=O. The quantitative estimate of drug-likeness (QED) is 0.208. The van der Waals surface area contributed by atoms with E-state index in [0.717, 1.165) is 44.4 Å². The maximum atomic E-state index is 13.4. The van der Waals surface area contributed by atoms with Crippen molar-refractivity contribution in [2.24, 2.45) is 0 Å². The molecule has 3 heterocycles. The van der Waals surface area contributed by atoms with Gasteiger partial charge in [0.15, 0.2) is 28.9 Å². The van der Waals surface area contributed by atoms with Crippen LogP contribution in [0.3, 0.4) is 0 Å². The number of rotatable bonds is 7. The largest absolute Gasteiger partial charge is 0.463 e. The fourth-order valence-electron chi connectivity index (χ4n) is 3.73. The van der Waals surface area contributed by atoms with E-state index in [9.17, 15) is 24.0 Å². The third-order valence-corrected chi connectivity index (χ3v) is 6.36. The summed E-state index contributed by atoms with van der Waals surface area (Å²) < 4.78 is 27.4. The van der Waals surface area contributed by atoms with Crippen molar-refractivity contribution >= 4 is 64.2 Å². The van der Waals surface area contributed by atoms with Crippen LogP contribution in [-0.2, 0) is 47.7 Å². The molecule has 2 fully saturated rings. The molecule has 14 heteroatoms. The van der Waals surface area contributed by atoms with E-state index in [1.807, 2.05) is 0 Å². The zero-order valence-corrected chi connectivity index (χ0v) is 21.9. The van der Waals surface area contributed by atoms with Gasteiger partial charge in [-0.05, 0) is 17.7 Å². The number of carbonyl (C=O) groups is 5. The summed E-state index contributed by atoms with van der Waals surface area (Å²) in [5.74, 6) is -3.55. The molecule has 0 unspecified atom stereocenters. The number of hydrogen-bond donors (Lipinski definition) is 0. The van der Waals surface area contributed by atoms with Gasteiger partial charge in [-0.2, -0.15) is 0 Å². The molecular formula is C23H24N2O10S2. The molecule has 0 aliphatic carbocycles. The van der Waals surface area contributed by atoms with Crippen LogP contribution in [0.1, 0.15) is 33.3 Å². The van der Waals surface area contributed by atoms with Crippen molar-refractivity contribution < 1.29 is 47.7 Å². The molecule has 5 atom stereocenters. The van der Waals surface area contributed by atoms with Crippen LogP contribution in [0.25, 0.3) is 6.08 Å². The van der Waals surface area contributed by atoms with Crippen molar-refractivity contribution in [3.05, 3.63) is 35.0 Å². The van der Waals surface area contributed by atoms with E-state index in [4.69, 9.17) is 35.9 Å². The summed E-state index contributed by atoms with van der Waals surface area (Å²) in [4.78, 5) is 66.2. The Kier molecular flexibility index (Phi) is 9.34. The minimum Gasteiger partial charge on any atom is -0.463 e. The molecular weight excluding hydrogens is 528 g/mol. The zero-order valence-electron chi connectivity index (χ0n) is 20.3. The third-order valence-electron chi connectivity index (χ3n) is 5.03. The molecule has 1 aromatic rings. The Bertz CT molecular complexity index is 1130. The molecule has 0 saturated carbocycles. The lowest BCUT2D eigenvalue weighted by molar-refractivity contribution is -0.268. The van der Waals surface area contributed by atoms with E-state index in [2.05, 4.69) is 4.98 Å². The summed E-state index contributed by atoms with van der Waals surface area (Å²) in [6.07, 6.45) is -2.10. The van der Waals surface area contributed by atoms with Crippen LogP contribution in [0.15, 0.2) is 29.4 Å². The van der Waals surface area contributed by atoms with Gasteiger partial charge in [0.2, 0.25) is 0 Å². The Hall–Kier alpha value is -3.36. The number of carbonyl (C=O) groups excluding carboxylic acids is 5. The molecule has 0 N–H and O–H groups in total. The van der Waals surface area contributed by atoms with E-state index >= 15 is 0 Å². The van der Waals surface area contributed by atoms with Gasteiger partial charge in [0, 0.05) is 40.1 Å². The van der Waals surface area contributed by atoms with Gasteiger partial charge in [0.25, 0.3) is 5.91 Å². The maximum absolute atomic E-state index is 13.4. The fraction of sp³-hybridized carbons (Fsp3) is 0.435. The first-order valence-corrected chi connectivity index (χ1v) is 12.2. The highest BCUT2D eigenvalue weighted by atomic mass is 32.2. The summed E-state index contributed by atoms with van der Waals surface area (Å²) >= 11 is 6.42. The fourth-order valence-corrected chi connectivity index (χ4v) is 5.04. The van der Waals surface area contributed by atoms with Crippen LogP contribution < -0.4 is 0 Å². The number of ether oxygens (including phenoxy) is 5. The van der Waals surface area contributed by atoms with Crippen LogP contribution in [0.4, 0.5) is 0 Å². The predicted octanol–water partition coefficient (Wildman–Crippen LogP) is 1.37. The van der Waals surface area contributed by atoms with Crippen LogP contribution in [0.2, 0.25) is 0 Å². The first-order chi connectivity index (χ1) is 17.5. The molecule has 1 amide bonds. The average Bonchev–Trinajstić information content (AvgIpc) is 3.07. The number of hydrogen-bond acceptors (Lipinski definition) is 13. The van der Waals surface area contributed by atoms with E-state index in [-0.39, 0.29) is 9.23 Å². The monoisotopic (exact) mass is 552 g/mol. The molecule has 3 rings (SSSR count). The van der Waals surface area contributed by atoms with Crippen molar-refractivity contribution in [3.8, 4) is 0 Å². The van der Waals surface area contributed by atoms with Gasteiger partial charge >= 0.3 is 23.9 Å². The van der Waals surface area contributed by atoms with Gasteiger partial charge in [-0.25, -0.2) is 0 Å². The molecule has 2 saturated heterocycles. The first kappa shape index (κ1) is 28.2. The number of pyridine rings is 1. The van der Waals surface area contributed by atoms with E-state index < -0.39 is 67.0 Å². The smallest absolute Gasteiger partial charge is 0.303 e. The van der Waals surface area contributed by atoms with Crippen molar-refractivity contribution in [3.63, 3.8) is 0 Å². The van der Waals surface area contributed by atoms with Crippen molar-refractivity contribution in [2.75, 3.05) is 6.61 Å². The highest BCUT2D eigenvalue weighted by Crippen LogP contribution is 2.39. The minimum absolute atomic E-state index is 0.0704. The van der Waals surface area contributed by atoms with Crippen LogP contribution in [-0.4, -0.2) is 81.2 Å². The Balaban J connectivity index is 2.05. The molecule has 37 heavy (non-hydrogen) atoms. The number of amides is 1. The van der Waals surface area contributed by atoms with E-state index in [1.54, 1.807) is 30.6 Å². The molecule has 198 valence electrons. The summed E-state index contributed by atoms with van der Waals surface area (Å²) in [6.45, 7) is 4.08. The van der Waals surface area contributed by atoms with Crippen molar-refractivity contribution in [1.82, 2.24) is 9.88 Å². The number of thiocarbonyl (C=S) groups is 1. The highest BCUT2D eigenvalue weighted by Gasteiger charge is 2.56. The molecule has 0 bridgehead atoms. The van der Waals surface area contributed by atoms with Crippen molar-refractivity contribution in [1.29, 1.82) is 0 Å². The van der Waals surface area contributed by atoms with Crippen LogP contribution in [0, 0.1) is 0 Å². The summed E-state index contributed by atoms with van der Waals surface area (Å²) in [6, 6.07) is 3.44. The Morgan fingerprint density at radius 2 is 1.65 bits per heavy atom. The van der Waals surface area contributed by atoms with Gasteiger partial charge < -0.3 is 23.7 Å². The highest BCUT2D eigenvalue weighted by molar-refractivity contribution is 8.26. The lowest BCUT2D eigenvalue weighted by atomic mass is 9.96. The zero-order chi connectivity index (χ0) is 27.3. The summed E-state index contributed by atoms with van der Waals surface area (Å²) in [5.41, 5.74) is 0.643. The topological polar surface area (TPSA) is 148 Å². The third kappa shape index (κ3) is 7.11. The lowest BCUT2D eigenvalue weighted by Crippen LogP contribution is -2.66. The Morgan fingerprint density at radius 1 is 1.03 bits per heavy atom. The summed E-state index contributed by atoms with van der Waals surface area (Å²) in [7, 11) is 0. The number of thioether (sulfide) groups is 1. The standard InChI is InChI=1S/C23H24N2O10S2/c1-11(26)31-10-16-18(32-12(2)27)19(33-13(3)28)20(34-14(4)29)22(35-16)25-21(30)17(37-23(25)36)8-15-6-5-7-24-9-15/h5-9,16,18-20,22H,10H2,1-4H3/t16-,18-,19+,20-,22-/m1/s1. The second kappa shape index (κ2) is 12.3. The van der Waals surface area contributed by atoms with Crippen LogP contribution in [0.5, 0.6) is 0 Å². The van der Waals surface area contributed by atoms with Crippen LogP contribution >= 0.6 is 24.0 Å². The summed E-state index contributed by atoms with van der Waals surface area (Å²) in [5, 5.41) is 0. The minimum atomic E-state index is -1.44. The molecule has 2 aliphatic rings. The number of aromatic nitrogens is 1. The second-order valence-corrected chi connectivity index (χ2v) is 9.60. The first-order valence-electron chi connectivity index (χ1n) is 11.0. The number of esters is 4. The van der Waals surface area contributed by atoms with Gasteiger partial charge in [-0.15, -0.1) is 0 Å². The molecule has 0 aromatic carbocycles. The van der Waals surface area contributed by atoms with Gasteiger partial charge in [0.05, 0.1) is 4.91 Å². The molecule has 1 aromatic heterocycles. The van der Waals surface area contributed by atoms with Gasteiger partial charge in [-0.3, -0.25) is 33.9 Å². The van der Waals surface area contributed by atoms with Gasteiger partial charge in [0.1, 0.15) is 12.7 Å². The molecule has 12 nitrogen and oxygen atoms in total. The molecule has 0 spiro atoms. The van der Waals surface area contributed by atoms with E-state index in [1.165, 1.54) is 0 Å². The lowest BCUT2D eigenvalue weighted by Gasteiger charge is -2.46. The predicted molar refractivity (Wildman–Crippen MR) is 131 cm³/mol. The van der Waals surface area contributed by atoms with E-state index in [0.29, 0.717) is 5.56 Å². The molecule has 2 aliphatic heterocycles. The normalized spacial score (nSPS) is 26.5. The Labute approximate surface area is 221 Å². The average molecular weight is 553 g/mol. The second-order valence-electron chi connectivity index (χ2n) is 7.93. The Morgan fingerprint density at radius 3 is 2.22 bits per heavy atom. The van der Waals surface area contributed by atoms with Gasteiger partial charge in [-0.1, -0.05) is 30.0 Å². The van der Waals surface area contributed by atoms with Crippen molar-refractivity contribution in [2.45, 2.75) is 58.3 Å². The number of nitrogens with zero attached hydrogens (tertiary/aromatic N) is 2. The molecule has 0 radical (unpaired) electrons. The maximum Gasteiger partial charge on any atom is 0.303 e.